The molecular weight excluding hydrogens is 354 g/mol. The summed E-state index contributed by atoms with van der Waals surface area (Å²) in [5.74, 6) is -3.32. The molecule has 4 N–H and O–H groups in total. The molecule has 2 aromatic carbocycles. The predicted octanol–water partition coefficient (Wildman–Crippen LogP) is 3.68. The molecule has 0 aliphatic carbocycles. The van der Waals surface area contributed by atoms with Gasteiger partial charge in [-0.1, -0.05) is 0 Å². The lowest BCUT2D eigenvalue weighted by Crippen LogP contribution is -2.17. The third-order valence-electron chi connectivity index (χ3n) is 3.79. The van der Waals surface area contributed by atoms with Crippen LogP contribution in [0.3, 0.4) is 0 Å². The molecule has 6 nitrogen and oxygen atoms in total. The lowest BCUT2D eigenvalue weighted by Gasteiger charge is -2.11. The second-order valence-corrected chi connectivity index (χ2v) is 5.57. The van der Waals surface area contributed by atoms with E-state index in [0.29, 0.717) is 11.1 Å². The summed E-state index contributed by atoms with van der Waals surface area (Å²) in [6.45, 7) is 0. The van der Waals surface area contributed by atoms with Gasteiger partial charge in [0.1, 0.15) is 17.2 Å². The molecule has 0 bridgehead atoms. The molecule has 134 valence electrons. The lowest BCUT2D eigenvalue weighted by atomic mass is 10.0. The number of nitriles is 1. The van der Waals surface area contributed by atoms with E-state index in [1.54, 1.807) is 12.1 Å². The molecule has 1 amide bonds. The van der Waals surface area contributed by atoms with Crippen LogP contribution >= 0.6 is 0 Å². The van der Waals surface area contributed by atoms with Crippen molar-refractivity contribution in [2.75, 3.05) is 11.1 Å². The van der Waals surface area contributed by atoms with Gasteiger partial charge >= 0.3 is 0 Å². The third-order valence-corrected chi connectivity index (χ3v) is 3.79. The van der Waals surface area contributed by atoms with E-state index in [1.807, 2.05) is 0 Å². The fraction of sp³-hybridized carbons (Fsp3) is 0. The van der Waals surface area contributed by atoms with E-state index in [0.717, 1.165) is 12.1 Å². The Bertz CT molecular complexity index is 1060. The number of nitrogens with zero attached hydrogens (tertiary/aromatic N) is 1. The number of amides is 1. The maximum atomic E-state index is 14.0. The molecule has 0 atom stereocenters. The van der Waals surface area contributed by atoms with E-state index in [2.05, 4.69) is 5.32 Å². The molecule has 1 aromatic heterocycles. The number of furan rings is 1. The number of carbonyl (C=O) groups excluding carboxylic acids is 1. The number of halogens is 2. The molecule has 0 saturated heterocycles. The molecular formula is C19H12F2N4O2. The minimum Gasteiger partial charge on any atom is -0.472 e. The molecule has 0 saturated carbocycles. The Hall–Kier alpha value is -3.99. The van der Waals surface area contributed by atoms with Crippen molar-refractivity contribution in [2.45, 2.75) is 0 Å². The van der Waals surface area contributed by atoms with Crippen LogP contribution in [0.15, 0.2) is 53.3 Å². The van der Waals surface area contributed by atoms with Crippen LogP contribution in [0, 0.1) is 28.4 Å². The Morgan fingerprint density at radius 2 is 1.89 bits per heavy atom. The SMILES string of the molecule is N#Cc1cc(F)c(C(=O)Nc2ccc(N)c(C(=N)c3ccoc3)c2)c(F)c1. The predicted molar refractivity (Wildman–Crippen MR) is 94.5 cm³/mol. The van der Waals surface area contributed by atoms with Crippen molar-refractivity contribution in [1.29, 1.82) is 10.7 Å². The summed E-state index contributed by atoms with van der Waals surface area (Å²) in [7, 11) is 0. The number of rotatable bonds is 4. The highest BCUT2D eigenvalue weighted by Crippen LogP contribution is 2.23. The molecule has 0 fully saturated rings. The van der Waals surface area contributed by atoms with E-state index in [9.17, 15) is 13.6 Å². The van der Waals surface area contributed by atoms with Crippen molar-refractivity contribution in [2.24, 2.45) is 0 Å². The number of anilines is 2. The Morgan fingerprint density at radius 1 is 1.19 bits per heavy atom. The average molecular weight is 366 g/mol. The molecule has 3 aromatic rings. The van der Waals surface area contributed by atoms with Crippen LogP contribution in [-0.4, -0.2) is 11.6 Å². The molecule has 1 heterocycles. The maximum absolute atomic E-state index is 14.0. The van der Waals surface area contributed by atoms with Crippen LogP contribution < -0.4 is 11.1 Å². The molecule has 0 unspecified atom stereocenters. The number of hydrogen-bond donors (Lipinski definition) is 3. The van der Waals surface area contributed by atoms with Gasteiger partial charge in [-0.2, -0.15) is 5.26 Å². The van der Waals surface area contributed by atoms with Crippen LogP contribution in [0.5, 0.6) is 0 Å². The standard InChI is InChI=1S/C19H12F2N4O2/c20-14-5-10(8-22)6-15(21)17(14)19(26)25-12-1-2-16(23)13(7-12)18(24)11-3-4-27-9-11/h1-7,9,24H,23H2,(H,25,26). The van der Waals surface area contributed by atoms with Gasteiger partial charge in [0.15, 0.2) is 0 Å². The minimum absolute atomic E-state index is 0.0630. The first-order valence-electron chi connectivity index (χ1n) is 7.62. The number of nitrogen functional groups attached to an aromatic ring is 1. The van der Waals surface area contributed by atoms with E-state index in [4.69, 9.17) is 20.8 Å². The van der Waals surface area contributed by atoms with Gasteiger partial charge in [0.05, 0.1) is 29.9 Å². The number of benzene rings is 2. The topological polar surface area (TPSA) is 116 Å². The van der Waals surface area contributed by atoms with Crippen molar-refractivity contribution in [1.82, 2.24) is 0 Å². The van der Waals surface area contributed by atoms with Crippen LogP contribution in [-0.2, 0) is 0 Å². The molecule has 0 spiro atoms. The van der Waals surface area contributed by atoms with Crippen molar-refractivity contribution in [3.63, 3.8) is 0 Å². The van der Waals surface area contributed by atoms with E-state index in [1.165, 1.54) is 30.7 Å². The van der Waals surface area contributed by atoms with Crippen LogP contribution in [0.1, 0.15) is 27.0 Å². The van der Waals surface area contributed by atoms with E-state index in [-0.39, 0.29) is 22.6 Å². The quantitative estimate of drug-likeness (QED) is 0.482. The molecule has 8 heteroatoms. The first kappa shape index (κ1) is 17.8. The van der Waals surface area contributed by atoms with Gasteiger partial charge in [-0.25, -0.2) is 8.78 Å². The normalized spacial score (nSPS) is 10.3. The Morgan fingerprint density at radius 3 is 2.48 bits per heavy atom. The number of hydrogen-bond acceptors (Lipinski definition) is 5. The van der Waals surface area contributed by atoms with Crippen LogP contribution in [0.2, 0.25) is 0 Å². The van der Waals surface area contributed by atoms with Gasteiger partial charge < -0.3 is 15.5 Å². The largest absolute Gasteiger partial charge is 0.472 e. The van der Waals surface area contributed by atoms with Crippen molar-refractivity contribution < 1.29 is 18.0 Å². The molecule has 0 radical (unpaired) electrons. The van der Waals surface area contributed by atoms with Gasteiger partial charge in [0.2, 0.25) is 0 Å². The summed E-state index contributed by atoms with van der Waals surface area (Å²) < 4.78 is 32.9. The number of nitrogens with two attached hydrogens (primary N) is 1. The fourth-order valence-corrected chi connectivity index (χ4v) is 2.46. The molecule has 0 aliphatic heterocycles. The molecule has 0 aliphatic rings. The molecule has 3 rings (SSSR count). The number of nitrogens with one attached hydrogen (secondary N) is 2. The highest BCUT2D eigenvalue weighted by molar-refractivity contribution is 6.14. The Balaban J connectivity index is 1.91. The van der Waals surface area contributed by atoms with E-state index >= 15 is 0 Å². The zero-order valence-electron chi connectivity index (χ0n) is 13.7. The van der Waals surface area contributed by atoms with Gasteiger partial charge in [0, 0.05) is 22.5 Å². The van der Waals surface area contributed by atoms with Crippen molar-refractivity contribution in [3.8, 4) is 6.07 Å². The zero-order valence-corrected chi connectivity index (χ0v) is 13.7. The van der Waals surface area contributed by atoms with E-state index < -0.39 is 23.1 Å². The van der Waals surface area contributed by atoms with Crippen LogP contribution in [0.25, 0.3) is 0 Å². The summed E-state index contributed by atoms with van der Waals surface area (Å²) in [6, 6.07) is 9.07. The van der Waals surface area contributed by atoms with Crippen molar-refractivity contribution >= 4 is 23.0 Å². The summed E-state index contributed by atoms with van der Waals surface area (Å²) >= 11 is 0. The highest BCUT2D eigenvalue weighted by atomic mass is 19.1. The summed E-state index contributed by atoms with van der Waals surface area (Å²) in [6.07, 6.45) is 2.77. The summed E-state index contributed by atoms with van der Waals surface area (Å²) in [5, 5.41) is 19.3. The first-order chi connectivity index (χ1) is 12.9. The first-order valence-corrected chi connectivity index (χ1v) is 7.62. The van der Waals surface area contributed by atoms with Gasteiger partial charge in [-0.3, -0.25) is 10.2 Å². The minimum atomic E-state index is -1.15. The zero-order chi connectivity index (χ0) is 19.6. The Labute approximate surface area is 152 Å². The van der Waals surface area contributed by atoms with Crippen LogP contribution in [0.4, 0.5) is 20.2 Å². The smallest absolute Gasteiger partial charge is 0.261 e. The van der Waals surface area contributed by atoms with Gasteiger partial charge in [0.25, 0.3) is 5.91 Å². The van der Waals surface area contributed by atoms with Crippen molar-refractivity contribution in [3.05, 3.63) is 82.8 Å². The second kappa shape index (κ2) is 7.09. The summed E-state index contributed by atoms with van der Waals surface area (Å²) in [4.78, 5) is 12.3. The second-order valence-electron chi connectivity index (χ2n) is 5.57. The third kappa shape index (κ3) is 3.52. The fourth-order valence-electron chi connectivity index (χ4n) is 2.46. The van der Waals surface area contributed by atoms with Gasteiger partial charge in [-0.05, 0) is 36.4 Å². The molecule has 27 heavy (non-hydrogen) atoms. The monoisotopic (exact) mass is 366 g/mol. The Kier molecular flexibility index (Phi) is 4.68. The van der Waals surface area contributed by atoms with Gasteiger partial charge in [-0.15, -0.1) is 0 Å². The lowest BCUT2D eigenvalue weighted by molar-refractivity contribution is 0.101. The number of carbonyl (C=O) groups is 1. The highest BCUT2D eigenvalue weighted by Gasteiger charge is 2.20. The average Bonchev–Trinajstić information content (AvgIpc) is 3.16. The summed E-state index contributed by atoms with van der Waals surface area (Å²) in [5.41, 5.74) is 6.18. The maximum Gasteiger partial charge on any atom is 0.261 e.